The molecule has 5 rings (SSSR count). The van der Waals surface area contributed by atoms with Gasteiger partial charge in [0, 0.05) is 0 Å². The Labute approximate surface area is 203 Å². The molecule has 0 spiro atoms. The van der Waals surface area contributed by atoms with Crippen LogP contribution in [0.25, 0.3) is 0 Å². The SMILES string of the molecule is CCOc1cc([C@@H]2[C@@H]3C(=O)N(c4ccccc4F)C(=O)[C@@H]3ON2c2ccccc2)cc(Br)c1O. The van der Waals surface area contributed by atoms with Crippen LogP contribution in [0.2, 0.25) is 0 Å². The molecule has 2 fully saturated rings. The van der Waals surface area contributed by atoms with E-state index in [1.54, 1.807) is 37.3 Å². The van der Waals surface area contributed by atoms with Crippen LogP contribution in [0.1, 0.15) is 18.5 Å². The second-order valence-electron chi connectivity index (χ2n) is 7.90. The molecule has 174 valence electrons. The maximum Gasteiger partial charge on any atom is 0.266 e. The zero-order chi connectivity index (χ0) is 24.0. The molecule has 0 aliphatic carbocycles. The quantitative estimate of drug-likeness (QED) is 0.483. The van der Waals surface area contributed by atoms with Crippen molar-refractivity contribution < 1.29 is 28.7 Å². The summed E-state index contributed by atoms with van der Waals surface area (Å²) < 4.78 is 20.5. The number of nitrogens with zero attached hydrogens (tertiary/aromatic N) is 2. The number of rotatable bonds is 5. The van der Waals surface area contributed by atoms with E-state index in [0.29, 0.717) is 22.3 Å². The number of imide groups is 1. The van der Waals surface area contributed by atoms with Gasteiger partial charge < -0.3 is 9.84 Å². The summed E-state index contributed by atoms with van der Waals surface area (Å²) in [6.45, 7) is 2.11. The molecule has 2 amide bonds. The number of carbonyl (C=O) groups is 2. The molecule has 2 aliphatic heterocycles. The summed E-state index contributed by atoms with van der Waals surface area (Å²) in [5.41, 5.74) is 1.12. The third kappa shape index (κ3) is 3.52. The van der Waals surface area contributed by atoms with E-state index in [2.05, 4.69) is 15.9 Å². The van der Waals surface area contributed by atoms with Crippen molar-refractivity contribution >= 4 is 39.1 Å². The van der Waals surface area contributed by atoms with E-state index >= 15 is 0 Å². The van der Waals surface area contributed by atoms with Gasteiger partial charge in [0.2, 0.25) is 5.91 Å². The molecule has 2 saturated heterocycles. The van der Waals surface area contributed by atoms with E-state index in [0.717, 1.165) is 4.90 Å². The molecule has 0 bridgehead atoms. The normalized spacial score (nSPS) is 21.8. The lowest BCUT2D eigenvalue weighted by atomic mass is 9.90. The van der Waals surface area contributed by atoms with Gasteiger partial charge in [0.25, 0.3) is 5.91 Å². The molecular weight excluding hydrogens is 507 g/mol. The first-order chi connectivity index (χ1) is 16.4. The van der Waals surface area contributed by atoms with Crippen molar-refractivity contribution in [1.29, 1.82) is 0 Å². The van der Waals surface area contributed by atoms with E-state index in [1.807, 2.05) is 18.2 Å². The number of carbonyl (C=O) groups excluding carboxylic acids is 2. The van der Waals surface area contributed by atoms with Crippen molar-refractivity contribution in [2.45, 2.75) is 19.1 Å². The largest absolute Gasteiger partial charge is 0.503 e. The van der Waals surface area contributed by atoms with Crippen molar-refractivity contribution in [3.05, 3.63) is 82.6 Å². The minimum absolute atomic E-state index is 0.0749. The summed E-state index contributed by atoms with van der Waals surface area (Å²) in [6, 6.07) is 17.3. The number of amides is 2. The number of phenolic OH excluding ortho intramolecular Hbond substituents is 1. The molecule has 3 aromatic rings. The van der Waals surface area contributed by atoms with Crippen LogP contribution >= 0.6 is 15.9 Å². The third-order valence-corrected chi connectivity index (χ3v) is 6.52. The van der Waals surface area contributed by atoms with Crippen LogP contribution in [-0.4, -0.2) is 29.6 Å². The fourth-order valence-corrected chi connectivity index (χ4v) is 4.91. The number of hydrogen-bond donors (Lipinski definition) is 1. The van der Waals surface area contributed by atoms with E-state index in [-0.39, 0.29) is 17.2 Å². The van der Waals surface area contributed by atoms with Gasteiger partial charge in [0.1, 0.15) is 11.7 Å². The van der Waals surface area contributed by atoms with E-state index < -0.39 is 35.7 Å². The molecule has 0 saturated carbocycles. The highest BCUT2D eigenvalue weighted by molar-refractivity contribution is 9.10. The van der Waals surface area contributed by atoms with Crippen LogP contribution in [0, 0.1) is 11.7 Å². The number of ether oxygens (including phenoxy) is 1. The number of phenols is 1. The number of anilines is 2. The fraction of sp³-hybridized carbons (Fsp3) is 0.200. The van der Waals surface area contributed by atoms with Crippen LogP contribution in [0.4, 0.5) is 15.8 Å². The van der Waals surface area contributed by atoms with E-state index in [1.165, 1.54) is 23.3 Å². The molecular formula is C25H20BrFN2O5. The predicted molar refractivity (Wildman–Crippen MR) is 126 cm³/mol. The van der Waals surface area contributed by atoms with Crippen LogP contribution in [-0.2, 0) is 14.4 Å². The van der Waals surface area contributed by atoms with Crippen LogP contribution < -0.4 is 14.7 Å². The minimum Gasteiger partial charge on any atom is -0.503 e. The monoisotopic (exact) mass is 526 g/mol. The summed E-state index contributed by atoms with van der Waals surface area (Å²) in [4.78, 5) is 33.8. The van der Waals surface area contributed by atoms with Crippen molar-refractivity contribution in [3.8, 4) is 11.5 Å². The maximum absolute atomic E-state index is 14.5. The van der Waals surface area contributed by atoms with Crippen LogP contribution in [0.15, 0.2) is 71.2 Å². The van der Waals surface area contributed by atoms with Crippen molar-refractivity contribution in [2.24, 2.45) is 5.92 Å². The van der Waals surface area contributed by atoms with Gasteiger partial charge in [0.15, 0.2) is 17.6 Å². The van der Waals surface area contributed by atoms with Crippen molar-refractivity contribution in [2.75, 3.05) is 16.6 Å². The van der Waals surface area contributed by atoms with Gasteiger partial charge in [-0.1, -0.05) is 30.3 Å². The number of halogens is 2. The summed E-state index contributed by atoms with van der Waals surface area (Å²) in [7, 11) is 0. The molecule has 9 heteroatoms. The molecule has 0 aromatic heterocycles. The number of fused-ring (bicyclic) bond motifs is 1. The number of hydrogen-bond acceptors (Lipinski definition) is 6. The van der Waals surface area contributed by atoms with Crippen LogP contribution in [0.5, 0.6) is 11.5 Å². The van der Waals surface area contributed by atoms with Gasteiger partial charge in [-0.05, 0) is 64.8 Å². The van der Waals surface area contributed by atoms with Gasteiger partial charge in [0.05, 0.1) is 28.5 Å². The molecule has 0 radical (unpaired) electrons. The first-order valence-corrected chi connectivity index (χ1v) is 11.5. The van der Waals surface area contributed by atoms with Crippen molar-refractivity contribution in [3.63, 3.8) is 0 Å². The molecule has 1 N–H and O–H groups in total. The Morgan fingerprint density at radius 2 is 1.76 bits per heavy atom. The average molecular weight is 527 g/mol. The predicted octanol–water partition coefficient (Wildman–Crippen LogP) is 4.74. The first kappa shape index (κ1) is 22.4. The highest BCUT2D eigenvalue weighted by Crippen LogP contribution is 2.50. The van der Waals surface area contributed by atoms with Gasteiger partial charge in [-0.2, -0.15) is 0 Å². The Morgan fingerprint density at radius 1 is 1.06 bits per heavy atom. The molecule has 34 heavy (non-hydrogen) atoms. The third-order valence-electron chi connectivity index (χ3n) is 5.91. The molecule has 2 aliphatic rings. The highest BCUT2D eigenvalue weighted by Gasteiger charge is 2.60. The van der Waals surface area contributed by atoms with Crippen molar-refractivity contribution in [1.82, 2.24) is 0 Å². The fourth-order valence-electron chi connectivity index (χ4n) is 4.45. The second-order valence-corrected chi connectivity index (χ2v) is 8.76. The number of hydroxylamine groups is 1. The van der Waals surface area contributed by atoms with Gasteiger partial charge in [-0.25, -0.2) is 14.4 Å². The Hall–Kier alpha value is -3.43. The summed E-state index contributed by atoms with van der Waals surface area (Å²) in [5.74, 6) is -2.66. The Balaban J connectivity index is 1.64. The summed E-state index contributed by atoms with van der Waals surface area (Å²) >= 11 is 3.35. The molecule has 3 atom stereocenters. The number of para-hydroxylation sites is 2. The van der Waals surface area contributed by atoms with E-state index in [9.17, 15) is 19.1 Å². The second kappa shape index (κ2) is 8.73. The van der Waals surface area contributed by atoms with Gasteiger partial charge in [-0.15, -0.1) is 0 Å². The lowest BCUT2D eigenvalue weighted by Crippen LogP contribution is -2.37. The molecule has 0 unspecified atom stereocenters. The van der Waals surface area contributed by atoms with Crippen LogP contribution in [0.3, 0.4) is 0 Å². The maximum atomic E-state index is 14.5. The summed E-state index contributed by atoms with van der Waals surface area (Å²) in [6.07, 6.45) is -1.14. The zero-order valence-electron chi connectivity index (χ0n) is 18.0. The first-order valence-electron chi connectivity index (χ1n) is 10.7. The molecule has 3 aromatic carbocycles. The highest BCUT2D eigenvalue weighted by atomic mass is 79.9. The average Bonchev–Trinajstić information content (AvgIpc) is 3.34. The number of aromatic hydroxyl groups is 1. The number of benzene rings is 3. The smallest absolute Gasteiger partial charge is 0.266 e. The standard InChI is InChI=1S/C25H20BrFN2O5/c1-2-33-19-13-14(12-16(26)22(19)30)21-20-23(34-29(21)15-8-4-3-5-9-15)25(32)28(24(20)31)18-11-7-6-10-17(18)27/h3-13,20-21,23,30H,2H2,1H3/t20-,21+,23+/m0/s1. The Kier molecular flexibility index (Phi) is 5.75. The Bertz CT molecular complexity index is 1270. The molecule has 7 nitrogen and oxygen atoms in total. The van der Waals surface area contributed by atoms with Gasteiger partial charge in [-0.3, -0.25) is 14.4 Å². The minimum atomic E-state index is -1.14. The zero-order valence-corrected chi connectivity index (χ0v) is 19.6. The van der Waals surface area contributed by atoms with Gasteiger partial charge >= 0.3 is 0 Å². The molecule has 2 heterocycles. The lowest BCUT2D eigenvalue weighted by Gasteiger charge is -2.29. The topological polar surface area (TPSA) is 79.3 Å². The summed E-state index contributed by atoms with van der Waals surface area (Å²) in [5, 5.41) is 11.9. The Morgan fingerprint density at radius 3 is 2.47 bits per heavy atom. The van der Waals surface area contributed by atoms with E-state index in [4.69, 9.17) is 9.57 Å². The lowest BCUT2D eigenvalue weighted by molar-refractivity contribution is -0.126.